The molecule has 0 aliphatic carbocycles. The molecule has 0 aromatic heterocycles. The van der Waals surface area contributed by atoms with Crippen LogP contribution in [0.5, 0.6) is 5.75 Å². The van der Waals surface area contributed by atoms with Crippen molar-refractivity contribution in [2.45, 2.75) is 87.0 Å². The average molecular weight is 786 g/mol. The highest BCUT2D eigenvalue weighted by molar-refractivity contribution is 7.98. The third-order valence-corrected chi connectivity index (χ3v) is 13.1. The molecule has 3 atom stereocenters. The molecule has 3 N–H and O–H groups in total. The van der Waals surface area contributed by atoms with E-state index in [0.29, 0.717) is 22.7 Å². The van der Waals surface area contributed by atoms with Gasteiger partial charge in [0.05, 0.1) is 27.1 Å². The van der Waals surface area contributed by atoms with E-state index in [2.05, 4.69) is 29.5 Å². The lowest BCUT2D eigenvalue weighted by molar-refractivity contribution is -0.142. The second-order valence-electron chi connectivity index (χ2n) is 13.6. The maximum absolute atomic E-state index is 14.4. The molecule has 1 heterocycles. The van der Waals surface area contributed by atoms with Gasteiger partial charge in [0.1, 0.15) is 6.04 Å². The van der Waals surface area contributed by atoms with Crippen LogP contribution in [0.15, 0.2) is 82.6 Å². The van der Waals surface area contributed by atoms with E-state index in [0.717, 1.165) is 44.2 Å². The summed E-state index contributed by atoms with van der Waals surface area (Å²) in [6.45, 7) is 4.77. The van der Waals surface area contributed by atoms with Crippen LogP contribution in [0.2, 0.25) is 0 Å². The third kappa shape index (κ3) is 11.3. The topological polar surface area (TPSA) is 159 Å². The number of carbonyl (C=O) groups excluding carboxylic acids is 2. The Morgan fingerprint density at radius 1 is 1.00 bits per heavy atom. The number of hydrogen-bond acceptors (Lipinski definition) is 9. The molecule has 0 saturated heterocycles. The Balaban J connectivity index is 1.66. The number of carboxylic acid groups (broad SMARTS) is 1. The standard InChI is InChI=1S/C39H51N3O8S3/c1-5-7-20-39(21-8-6-2)26-42(29-17-13-10-14-18-29)32-24-34(51-3)33(25-35(32)53(48,49)27-39)50-41-36(43)23-30(28-15-11-9-12-16-28)37(44)40-31(38(45)46)19-22-52(4)47/h9-18,24-25,30-31H,5-8,19-23,26-27H2,1-4H3,(H,40,44)(H,41,43)(H,45,46). The molecule has 2 amide bonds. The lowest BCUT2D eigenvalue weighted by atomic mass is 9.79. The van der Waals surface area contributed by atoms with Crippen LogP contribution >= 0.6 is 11.8 Å². The fraction of sp³-hybridized carbons (Fsp3) is 0.462. The molecule has 11 nitrogen and oxygen atoms in total. The lowest BCUT2D eigenvalue weighted by Gasteiger charge is -2.37. The van der Waals surface area contributed by atoms with Crippen LogP contribution in [-0.4, -0.2) is 72.1 Å². The number of para-hydroxylation sites is 1. The normalized spacial score (nSPS) is 16.3. The van der Waals surface area contributed by atoms with E-state index in [9.17, 15) is 32.1 Å². The Morgan fingerprint density at radius 3 is 2.19 bits per heavy atom. The number of thioether (sulfide) groups is 1. The van der Waals surface area contributed by atoms with Gasteiger partial charge in [-0.25, -0.2) is 13.2 Å². The van der Waals surface area contributed by atoms with Gasteiger partial charge in [-0.1, -0.05) is 88.1 Å². The molecule has 0 radical (unpaired) electrons. The molecular weight excluding hydrogens is 735 g/mol. The highest BCUT2D eigenvalue weighted by atomic mass is 32.2. The number of nitrogens with one attached hydrogen (secondary N) is 2. The van der Waals surface area contributed by atoms with Crippen molar-refractivity contribution < 1.29 is 37.0 Å². The molecule has 0 fully saturated rings. The number of rotatable bonds is 19. The molecule has 14 heteroatoms. The number of anilines is 2. The summed E-state index contributed by atoms with van der Waals surface area (Å²) in [7, 11) is -5.09. The van der Waals surface area contributed by atoms with Crippen molar-refractivity contribution in [2.75, 3.05) is 35.5 Å². The Bertz CT molecular complexity index is 1830. The first kappa shape index (κ1) is 41.9. The van der Waals surface area contributed by atoms with Crippen LogP contribution < -0.4 is 20.5 Å². The highest BCUT2D eigenvalue weighted by Gasteiger charge is 2.42. The molecule has 1 aliphatic heterocycles. The minimum atomic E-state index is -3.83. The Kier molecular flexibility index (Phi) is 15.4. The van der Waals surface area contributed by atoms with Crippen LogP contribution in [0.25, 0.3) is 0 Å². The quantitative estimate of drug-likeness (QED) is 0.0891. The van der Waals surface area contributed by atoms with Gasteiger partial charge in [0, 0.05) is 52.9 Å². The summed E-state index contributed by atoms with van der Waals surface area (Å²) in [4.78, 5) is 47.5. The molecule has 3 unspecified atom stereocenters. The first-order chi connectivity index (χ1) is 25.3. The highest BCUT2D eigenvalue weighted by Crippen LogP contribution is 2.47. The summed E-state index contributed by atoms with van der Waals surface area (Å²) in [6.07, 6.45) is 8.13. The van der Waals surface area contributed by atoms with Gasteiger partial charge in [0.25, 0.3) is 5.91 Å². The molecule has 0 saturated carbocycles. The van der Waals surface area contributed by atoms with Crippen LogP contribution in [0.3, 0.4) is 0 Å². The first-order valence-corrected chi connectivity index (χ1v) is 22.5. The zero-order valence-corrected chi connectivity index (χ0v) is 33.3. The summed E-state index contributed by atoms with van der Waals surface area (Å²) in [5.41, 5.74) is 3.86. The van der Waals surface area contributed by atoms with E-state index in [-0.39, 0.29) is 35.0 Å². The maximum atomic E-state index is 14.4. The fourth-order valence-electron chi connectivity index (χ4n) is 6.75. The van der Waals surface area contributed by atoms with Crippen LogP contribution in [-0.2, 0) is 35.0 Å². The number of unbranched alkanes of at least 4 members (excludes halogenated alkanes) is 2. The summed E-state index contributed by atoms with van der Waals surface area (Å²) in [5, 5.41) is 12.2. The molecule has 53 heavy (non-hydrogen) atoms. The number of sulfone groups is 1. The zero-order valence-electron chi connectivity index (χ0n) is 30.8. The second kappa shape index (κ2) is 19.4. The van der Waals surface area contributed by atoms with Crippen molar-refractivity contribution in [3.8, 4) is 5.75 Å². The van der Waals surface area contributed by atoms with Gasteiger partial charge in [-0.2, -0.15) is 5.48 Å². The number of aliphatic carboxylic acids is 1. The number of amides is 2. The van der Waals surface area contributed by atoms with E-state index in [4.69, 9.17) is 4.84 Å². The minimum Gasteiger partial charge on any atom is -0.480 e. The predicted octanol–water partition coefficient (Wildman–Crippen LogP) is 6.62. The van der Waals surface area contributed by atoms with Crippen molar-refractivity contribution in [1.29, 1.82) is 0 Å². The number of hydroxylamine groups is 1. The van der Waals surface area contributed by atoms with Crippen molar-refractivity contribution in [3.63, 3.8) is 0 Å². The largest absolute Gasteiger partial charge is 0.480 e. The number of benzene rings is 3. The van der Waals surface area contributed by atoms with Gasteiger partial charge in [-0.15, -0.1) is 11.8 Å². The van der Waals surface area contributed by atoms with E-state index < -0.39 is 55.8 Å². The predicted molar refractivity (Wildman–Crippen MR) is 211 cm³/mol. The van der Waals surface area contributed by atoms with E-state index in [1.54, 1.807) is 36.4 Å². The number of fused-ring (bicyclic) bond motifs is 1. The summed E-state index contributed by atoms with van der Waals surface area (Å²) < 4.78 is 40.4. The summed E-state index contributed by atoms with van der Waals surface area (Å²) >= 11 is 1.34. The molecule has 0 spiro atoms. The van der Waals surface area contributed by atoms with Crippen molar-refractivity contribution in [3.05, 3.63) is 78.4 Å². The monoisotopic (exact) mass is 785 g/mol. The summed E-state index contributed by atoms with van der Waals surface area (Å²) in [5.74, 6) is -3.49. The van der Waals surface area contributed by atoms with E-state index in [1.807, 2.05) is 36.6 Å². The van der Waals surface area contributed by atoms with Crippen LogP contribution in [0.1, 0.15) is 76.7 Å². The van der Waals surface area contributed by atoms with Crippen molar-refractivity contribution in [1.82, 2.24) is 10.8 Å². The Labute approximate surface area is 320 Å². The van der Waals surface area contributed by atoms with Crippen molar-refractivity contribution >= 4 is 61.6 Å². The van der Waals surface area contributed by atoms with Gasteiger partial charge in [-0.05, 0) is 49.3 Å². The molecule has 3 aromatic carbocycles. The molecule has 1 aliphatic rings. The first-order valence-electron chi connectivity index (χ1n) is 17.9. The second-order valence-corrected chi connectivity index (χ2v) is 18.0. The van der Waals surface area contributed by atoms with E-state index >= 15 is 0 Å². The molecular formula is C39H51N3O8S3. The van der Waals surface area contributed by atoms with Gasteiger partial charge in [-0.3, -0.25) is 13.8 Å². The van der Waals surface area contributed by atoms with Gasteiger partial charge < -0.3 is 20.2 Å². The minimum absolute atomic E-state index is 0.0138. The van der Waals surface area contributed by atoms with Crippen LogP contribution in [0.4, 0.5) is 11.4 Å². The lowest BCUT2D eigenvalue weighted by Crippen LogP contribution is -2.44. The SMILES string of the molecule is CCCCC1(CCCC)CN(c2ccccc2)c2cc(SC)c(ONC(=O)CC(C(=O)NC(CCS(C)=O)C(=O)O)c3ccccc3)cc2S(=O)(=O)C1. The Hall–Kier alpha value is -3.88. The van der Waals surface area contributed by atoms with Gasteiger partial charge in [0.2, 0.25) is 5.91 Å². The molecule has 3 aromatic rings. The van der Waals surface area contributed by atoms with Crippen molar-refractivity contribution in [2.24, 2.45) is 5.41 Å². The molecule has 0 bridgehead atoms. The van der Waals surface area contributed by atoms with Crippen LogP contribution in [0, 0.1) is 5.41 Å². The zero-order chi connectivity index (χ0) is 38.6. The Morgan fingerprint density at radius 2 is 1.62 bits per heavy atom. The smallest absolute Gasteiger partial charge is 0.326 e. The molecule has 4 rings (SSSR count). The number of carboxylic acids is 1. The van der Waals surface area contributed by atoms with E-state index in [1.165, 1.54) is 24.1 Å². The van der Waals surface area contributed by atoms with Gasteiger partial charge in [0.15, 0.2) is 15.6 Å². The molecule has 288 valence electrons. The number of hydrogen-bond donors (Lipinski definition) is 3. The number of carbonyl (C=O) groups is 3. The average Bonchev–Trinajstić information content (AvgIpc) is 3.24. The maximum Gasteiger partial charge on any atom is 0.326 e. The fourth-order valence-corrected chi connectivity index (χ4v) is 9.96. The summed E-state index contributed by atoms with van der Waals surface area (Å²) in [6, 6.07) is 20.3. The third-order valence-electron chi connectivity index (χ3n) is 9.54. The van der Waals surface area contributed by atoms with Gasteiger partial charge >= 0.3 is 5.97 Å². The number of nitrogens with zero attached hydrogens (tertiary/aromatic N) is 1.